The molecule has 1 unspecified atom stereocenters. The van der Waals surface area contributed by atoms with Crippen molar-refractivity contribution in [3.05, 3.63) is 0 Å². The average Bonchev–Trinajstić information content (AvgIpc) is 2.83. The summed E-state index contributed by atoms with van der Waals surface area (Å²) < 4.78 is 5.84. The summed E-state index contributed by atoms with van der Waals surface area (Å²) in [6.07, 6.45) is 30.0. The second kappa shape index (κ2) is 27.5. The van der Waals surface area contributed by atoms with Crippen molar-refractivity contribution in [3.8, 4) is 0 Å². The molecule has 0 aromatic carbocycles. The van der Waals surface area contributed by atoms with Gasteiger partial charge in [-0.25, -0.2) is 0 Å². The maximum Gasteiger partial charge on any atom is 0.306 e. The lowest BCUT2D eigenvalue weighted by Crippen LogP contribution is -2.18. The molecule has 0 aromatic heterocycles. The maximum atomic E-state index is 12.3. The molecule has 1 atom stereocenters. The molecule has 4 nitrogen and oxygen atoms in total. The molecular formula is C31H60O4. The molecular weight excluding hydrogens is 436 g/mol. The van der Waals surface area contributed by atoms with Gasteiger partial charge in [-0.1, -0.05) is 129 Å². The summed E-state index contributed by atoms with van der Waals surface area (Å²) in [5.41, 5.74) is 0. The molecule has 0 fully saturated rings. The van der Waals surface area contributed by atoms with Crippen LogP contribution >= 0.6 is 0 Å². The number of carboxylic acid groups (broad SMARTS) is 1. The number of carbonyl (C=O) groups is 2. The van der Waals surface area contributed by atoms with Gasteiger partial charge in [-0.05, 0) is 38.5 Å². The summed E-state index contributed by atoms with van der Waals surface area (Å²) in [6.45, 7) is 4.53. The predicted octanol–water partition coefficient (Wildman–Crippen LogP) is 10.2. The van der Waals surface area contributed by atoms with Crippen LogP contribution in [0.15, 0.2) is 0 Å². The monoisotopic (exact) mass is 496 g/mol. The fourth-order valence-electron chi connectivity index (χ4n) is 4.77. The fourth-order valence-corrected chi connectivity index (χ4v) is 4.77. The molecule has 0 spiro atoms. The molecule has 0 rings (SSSR count). The van der Waals surface area contributed by atoms with Crippen molar-refractivity contribution in [2.45, 2.75) is 187 Å². The second-order valence-corrected chi connectivity index (χ2v) is 10.7. The minimum Gasteiger partial charge on any atom is -0.481 e. The molecule has 0 aliphatic rings. The molecule has 0 saturated carbocycles. The van der Waals surface area contributed by atoms with E-state index in [-0.39, 0.29) is 18.5 Å². The number of carbonyl (C=O) groups excluding carboxylic acids is 1. The highest BCUT2D eigenvalue weighted by molar-refractivity contribution is 5.70. The van der Waals surface area contributed by atoms with Crippen molar-refractivity contribution < 1.29 is 19.4 Å². The zero-order valence-electron chi connectivity index (χ0n) is 23.6. The molecule has 1 N–H and O–H groups in total. The van der Waals surface area contributed by atoms with Crippen molar-refractivity contribution in [1.29, 1.82) is 0 Å². The van der Waals surface area contributed by atoms with Crippen molar-refractivity contribution in [2.24, 2.45) is 0 Å². The zero-order valence-corrected chi connectivity index (χ0v) is 23.6. The van der Waals surface area contributed by atoms with E-state index in [1.165, 1.54) is 116 Å². The summed E-state index contributed by atoms with van der Waals surface area (Å²) in [5.74, 6) is -0.933. The summed E-state index contributed by atoms with van der Waals surface area (Å²) >= 11 is 0. The Bertz CT molecular complexity index is 463. The molecule has 208 valence electrons. The third-order valence-electron chi connectivity index (χ3n) is 7.08. The number of rotatable bonds is 28. The lowest BCUT2D eigenvalue weighted by atomic mass is 10.0. The Labute approximate surface area is 218 Å². The van der Waals surface area contributed by atoms with Crippen LogP contribution in [0.4, 0.5) is 0 Å². The lowest BCUT2D eigenvalue weighted by molar-refractivity contribution is -0.150. The average molecular weight is 497 g/mol. The number of ether oxygens (including phenoxy) is 1. The highest BCUT2D eigenvalue weighted by Crippen LogP contribution is 2.19. The van der Waals surface area contributed by atoms with E-state index in [9.17, 15) is 9.59 Å². The SMILES string of the molecule is CCCCCCCCCCCCCC(CCCCCCCCCCC)OC(=O)CCCCC(=O)O. The van der Waals surface area contributed by atoms with Gasteiger partial charge in [-0.2, -0.15) is 0 Å². The quantitative estimate of drug-likeness (QED) is 0.0864. The first-order valence-corrected chi connectivity index (χ1v) is 15.5. The van der Waals surface area contributed by atoms with Gasteiger partial charge in [0.25, 0.3) is 0 Å². The molecule has 35 heavy (non-hydrogen) atoms. The number of esters is 1. The molecule has 0 aromatic rings. The lowest BCUT2D eigenvalue weighted by Gasteiger charge is -2.18. The van der Waals surface area contributed by atoms with E-state index in [1.807, 2.05) is 0 Å². The summed E-state index contributed by atoms with van der Waals surface area (Å²) in [4.78, 5) is 22.9. The van der Waals surface area contributed by atoms with E-state index >= 15 is 0 Å². The fraction of sp³-hybridized carbons (Fsp3) is 0.935. The minimum absolute atomic E-state index is 0.0464. The molecule has 0 heterocycles. The number of carboxylic acids is 1. The van der Waals surface area contributed by atoms with Crippen molar-refractivity contribution >= 4 is 11.9 Å². The molecule has 0 amide bonds. The van der Waals surface area contributed by atoms with E-state index < -0.39 is 5.97 Å². The zero-order chi connectivity index (χ0) is 25.8. The molecule has 0 radical (unpaired) electrons. The number of hydrogen-bond acceptors (Lipinski definition) is 3. The molecule has 4 heteroatoms. The van der Waals surface area contributed by atoms with E-state index in [0.717, 1.165) is 25.7 Å². The first-order chi connectivity index (χ1) is 17.1. The number of unbranched alkanes of at least 4 members (excludes halogenated alkanes) is 19. The van der Waals surface area contributed by atoms with Crippen molar-refractivity contribution in [1.82, 2.24) is 0 Å². The van der Waals surface area contributed by atoms with Crippen LogP contribution in [-0.4, -0.2) is 23.1 Å². The Kier molecular flexibility index (Phi) is 26.7. The first kappa shape index (κ1) is 33.9. The normalized spacial score (nSPS) is 12.1. The van der Waals surface area contributed by atoms with Crippen molar-refractivity contribution in [2.75, 3.05) is 0 Å². The molecule has 0 saturated heterocycles. The first-order valence-electron chi connectivity index (χ1n) is 15.5. The van der Waals surface area contributed by atoms with Crippen LogP contribution in [0, 0.1) is 0 Å². The van der Waals surface area contributed by atoms with Crippen LogP contribution in [0.25, 0.3) is 0 Å². The third-order valence-corrected chi connectivity index (χ3v) is 7.08. The van der Waals surface area contributed by atoms with Crippen LogP contribution in [0.1, 0.15) is 181 Å². The van der Waals surface area contributed by atoms with E-state index in [0.29, 0.717) is 19.3 Å². The van der Waals surface area contributed by atoms with Crippen LogP contribution in [0.2, 0.25) is 0 Å². The standard InChI is InChI=1S/C31H60O4/c1-3-5-7-9-11-13-14-16-18-20-22-26-29(35-31(34)28-24-23-27-30(32)33)25-21-19-17-15-12-10-8-6-4-2/h29H,3-28H2,1-2H3,(H,32,33). The highest BCUT2D eigenvalue weighted by atomic mass is 16.5. The summed E-state index contributed by atoms with van der Waals surface area (Å²) in [7, 11) is 0. The van der Waals surface area contributed by atoms with Crippen LogP contribution < -0.4 is 0 Å². The predicted molar refractivity (Wildman–Crippen MR) is 149 cm³/mol. The largest absolute Gasteiger partial charge is 0.481 e. The van der Waals surface area contributed by atoms with E-state index in [2.05, 4.69) is 13.8 Å². The van der Waals surface area contributed by atoms with Crippen LogP contribution in [-0.2, 0) is 14.3 Å². The van der Waals surface area contributed by atoms with Gasteiger partial charge in [-0.15, -0.1) is 0 Å². The van der Waals surface area contributed by atoms with Gasteiger partial charge in [0, 0.05) is 12.8 Å². The van der Waals surface area contributed by atoms with Crippen molar-refractivity contribution in [3.63, 3.8) is 0 Å². The van der Waals surface area contributed by atoms with E-state index in [1.54, 1.807) is 0 Å². The number of aliphatic carboxylic acids is 1. The second-order valence-electron chi connectivity index (χ2n) is 10.7. The topological polar surface area (TPSA) is 63.6 Å². The molecule has 0 bridgehead atoms. The Morgan fingerprint density at radius 1 is 0.514 bits per heavy atom. The molecule has 0 aliphatic carbocycles. The Hall–Kier alpha value is -1.06. The molecule has 0 aliphatic heterocycles. The Morgan fingerprint density at radius 3 is 1.23 bits per heavy atom. The van der Waals surface area contributed by atoms with Gasteiger partial charge in [0.05, 0.1) is 0 Å². The van der Waals surface area contributed by atoms with Gasteiger partial charge in [0.2, 0.25) is 0 Å². The van der Waals surface area contributed by atoms with Gasteiger partial charge in [0.15, 0.2) is 0 Å². The van der Waals surface area contributed by atoms with Crippen LogP contribution in [0.3, 0.4) is 0 Å². The number of hydrogen-bond donors (Lipinski definition) is 1. The Balaban J connectivity index is 4.01. The smallest absolute Gasteiger partial charge is 0.306 e. The van der Waals surface area contributed by atoms with Gasteiger partial charge in [0.1, 0.15) is 6.10 Å². The highest BCUT2D eigenvalue weighted by Gasteiger charge is 2.14. The third kappa shape index (κ3) is 27.4. The maximum absolute atomic E-state index is 12.3. The minimum atomic E-state index is -0.793. The van der Waals surface area contributed by atoms with Crippen LogP contribution in [0.5, 0.6) is 0 Å². The summed E-state index contributed by atoms with van der Waals surface area (Å²) in [6, 6.07) is 0. The van der Waals surface area contributed by atoms with Gasteiger partial charge < -0.3 is 9.84 Å². The van der Waals surface area contributed by atoms with Gasteiger partial charge >= 0.3 is 11.9 Å². The van der Waals surface area contributed by atoms with E-state index in [4.69, 9.17) is 9.84 Å². The summed E-state index contributed by atoms with van der Waals surface area (Å²) in [5, 5.41) is 8.75. The Morgan fingerprint density at radius 2 is 0.857 bits per heavy atom. The van der Waals surface area contributed by atoms with Gasteiger partial charge in [-0.3, -0.25) is 9.59 Å².